The maximum absolute atomic E-state index is 11.7. The monoisotopic (exact) mass is 233 g/mol. The predicted octanol–water partition coefficient (Wildman–Crippen LogP) is 2.32. The Morgan fingerprint density at radius 2 is 2.12 bits per heavy atom. The van der Waals surface area contributed by atoms with E-state index in [2.05, 4.69) is 0 Å². The molecular weight excluding hydrogens is 214 g/mol. The number of ketones is 1. The molecule has 0 heterocycles. The van der Waals surface area contributed by atoms with Crippen LogP contribution in [0, 0.1) is 0 Å². The molecule has 0 atom stereocenters. The molecule has 1 aromatic rings. The summed E-state index contributed by atoms with van der Waals surface area (Å²) in [6.07, 6.45) is 2.57. The smallest absolute Gasteiger partial charge is 0.163 e. The quantitative estimate of drug-likeness (QED) is 0.871. The van der Waals surface area contributed by atoms with Gasteiger partial charge < -0.3 is 10.5 Å². The first-order valence-corrected chi connectivity index (χ1v) is 6.07. The maximum Gasteiger partial charge on any atom is 0.163 e. The molecule has 0 bridgehead atoms. The Morgan fingerprint density at radius 1 is 1.35 bits per heavy atom. The first-order chi connectivity index (χ1) is 8.02. The summed E-state index contributed by atoms with van der Waals surface area (Å²) in [4.78, 5) is 11.7. The van der Waals surface area contributed by atoms with E-state index in [-0.39, 0.29) is 11.4 Å². The summed E-state index contributed by atoms with van der Waals surface area (Å²) < 4.78 is 5.82. The molecule has 2 N–H and O–H groups in total. The van der Waals surface area contributed by atoms with E-state index in [0.29, 0.717) is 13.0 Å². The molecule has 2 rings (SSSR count). The minimum absolute atomic E-state index is 0.246. The van der Waals surface area contributed by atoms with Gasteiger partial charge in [0.2, 0.25) is 0 Å². The van der Waals surface area contributed by atoms with Gasteiger partial charge in [0.1, 0.15) is 11.4 Å². The van der Waals surface area contributed by atoms with Crippen molar-refractivity contribution >= 4 is 5.78 Å². The normalized spacial score (nSPS) is 15.6. The highest BCUT2D eigenvalue weighted by atomic mass is 16.5. The zero-order valence-electron chi connectivity index (χ0n) is 10.5. The van der Waals surface area contributed by atoms with Gasteiger partial charge in [-0.3, -0.25) is 4.79 Å². The molecule has 92 valence electrons. The highest BCUT2D eigenvalue weighted by Gasteiger charge is 2.20. The third-order valence-electron chi connectivity index (χ3n) is 3.11. The molecule has 0 saturated heterocycles. The van der Waals surface area contributed by atoms with Crippen LogP contribution in [-0.2, 0) is 6.42 Å². The summed E-state index contributed by atoms with van der Waals surface area (Å²) >= 11 is 0. The van der Waals surface area contributed by atoms with E-state index in [1.165, 1.54) is 0 Å². The Kier molecular flexibility index (Phi) is 3.20. The lowest BCUT2D eigenvalue weighted by molar-refractivity contribution is 0.0972. The fraction of sp³-hybridized carbons (Fsp3) is 0.500. The van der Waals surface area contributed by atoms with Crippen LogP contribution in [0.4, 0.5) is 0 Å². The first-order valence-electron chi connectivity index (χ1n) is 6.07. The van der Waals surface area contributed by atoms with Gasteiger partial charge in [0.25, 0.3) is 0 Å². The van der Waals surface area contributed by atoms with Gasteiger partial charge in [-0.1, -0.05) is 0 Å². The summed E-state index contributed by atoms with van der Waals surface area (Å²) in [6.45, 7) is 4.37. The fourth-order valence-corrected chi connectivity index (χ4v) is 2.05. The Morgan fingerprint density at radius 3 is 2.82 bits per heavy atom. The molecule has 0 aliphatic heterocycles. The number of rotatable bonds is 3. The summed E-state index contributed by atoms with van der Waals surface area (Å²) in [7, 11) is 0. The highest BCUT2D eigenvalue weighted by molar-refractivity contribution is 5.98. The van der Waals surface area contributed by atoms with Crippen molar-refractivity contribution in [3.63, 3.8) is 0 Å². The van der Waals surface area contributed by atoms with Crippen molar-refractivity contribution in [1.82, 2.24) is 0 Å². The molecule has 0 fully saturated rings. The van der Waals surface area contributed by atoms with Gasteiger partial charge >= 0.3 is 0 Å². The molecule has 1 aliphatic carbocycles. The fourth-order valence-electron chi connectivity index (χ4n) is 2.05. The number of fused-ring (bicyclic) bond motifs is 1. The molecule has 3 heteroatoms. The van der Waals surface area contributed by atoms with Gasteiger partial charge in [-0.2, -0.15) is 0 Å². The number of benzene rings is 1. The minimum atomic E-state index is -0.368. The van der Waals surface area contributed by atoms with Crippen molar-refractivity contribution in [2.24, 2.45) is 5.73 Å². The van der Waals surface area contributed by atoms with Crippen molar-refractivity contribution in [2.45, 2.75) is 38.7 Å². The first kappa shape index (κ1) is 12.1. The van der Waals surface area contributed by atoms with E-state index in [1.54, 1.807) is 0 Å². The average Bonchev–Trinajstić information content (AvgIpc) is 2.29. The minimum Gasteiger partial charge on any atom is -0.487 e. The number of Topliss-reactive ketones (excluding diaryl/α,β-unsaturated/α-hetero) is 1. The summed E-state index contributed by atoms with van der Waals surface area (Å²) in [6, 6.07) is 5.71. The van der Waals surface area contributed by atoms with Crippen LogP contribution in [0.25, 0.3) is 0 Å². The van der Waals surface area contributed by atoms with Gasteiger partial charge in [0.15, 0.2) is 5.78 Å². The molecule has 1 aromatic carbocycles. The number of hydrogen-bond donors (Lipinski definition) is 1. The molecule has 0 unspecified atom stereocenters. The SMILES string of the molecule is CC(C)(CN)Oc1ccc2c(c1)CCCC2=O. The van der Waals surface area contributed by atoms with Gasteiger partial charge in [0.05, 0.1) is 0 Å². The Hall–Kier alpha value is -1.35. The van der Waals surface area contributed by atoms with Crippen LogP contribution in [0.15, 0.2) is 18.2 Å². The van der Waals surface area contributed by atoms with Gasteiger partial charge in [0, 0.05) is 18.5 Å². The highest BCUT2D eigenvalue weighted by Crippen LogP contribution is 2.27. The van der Waals surface area contributed by atoms with E-state index in [1.807, 2.05) is 32.0 Å². The second kappa shape index (κ2) is 4.49. The lowest BCUT2D eigenvalue weighted by Crippen LogP contribution is -2.37. The predicted molar refractivity (Wildman–Crippen MR) is 67.5 cm³/mol. The summed E-state index contributed by atoms with van der Waals surface area (Å²) in [5.74, 6) is 1.05. The van der Waals surface area contributed by atoms with Crippen molar-refractivity contribution < 1.29 is 9.53 Å². The number of hydrogen-bond acceptors (Lipinski definition) is 3. The van der Waals surface area contributed by atoms with Crippen LogP contribution < -0.4 is 10.5 Å². The number of aryl methyl sites for hydroxylation is 1. The molecule has 17 heavy (non-hydrogen) atoms. The second-order valence-corrected chi connectivity index (χ2v) is 5.16. The third kappa shape index (κ3) is 2.67. The van der Waals surface area contributed by atoms with Gasteiger partial charge in [-0.15, -0.1) is 0 Å². The average molecular weight is 233 g/mol. The van der Waals surface area contributed by atoms with Crippen LogP contribution in [0.5, 0.6) is 5.75 Å². The summed E-state index contributed by atoms with van der Waals surface area (Å²) in [5.41, 5.74) is 7.23. The Balaban J connectivity index is 2.25. The van der Waals surface area contributed by atoms with Crippen LogP contribution in [-0.4, -0.2) is 17.9 Å². The zero-order chi connectivity index (χ0) is 12.5. The second-order valence-electron chi connectivity index (χ2n) is 5.16. The van der Waals surface area contributed by atoms with Crippen LogP contribution in [0.2, 0.25) is 0 Å². The van der Waals surface area contributed by atoms with Crippen LogP contribution in [0.3, 0.4) is 0 Å². The summed E-state index contributed by atoms with van der Waals surface area (Å²) in [5, 5.41) is 0. The molecular formula is C14H19NO2. The number of ether oxygens (including phenoxy) is 1. The number of carbonyl (C=O) groups is 1. The van der Waals surface area contributed by atoms with Crippen LogP contribution in [0.1, 0.15) is 42.6 Å². The van der Waals surface area contributed by atoms with Gasteiger partial charge in [-0.05, 0) is 50.5 Å². The molecule has 1 aliphatic rings. The van der Waals surface area contributed by atoms with E-state index >= 15 is 0 Å². The largest absolute Gasteiger partial charge is 0.487 e. The van der Waals surface area contributed by atoms with Crippen molar-refractivity contribution in [2.75, 3.05) is 6.54 Å². The molecule has 0 radical (unpaired) electrons. The Bertz CT molecular complexity index is 438. The molecule has 0 spiro atoms. The lowest BCUT2D eigenvalue weighted by atomic mass is 9.90. The van der Waals surface area contributed by atoms with E-state index < -0.39 is 0 Å². The lowest BCUT2D eigenvalue weighted by Gasteiger charge is -2.25. The molecule has 0 amide bonds. The Labute approximate surface area is 102 Å². The third-order valence-corrected chi connectivity index (χ3v) is 3.11. The molecule has 0 aromatic heterocycles. The van der Waals surface area contributed by atoms with E-state index in [9.17, 15) is 4.79 Å². The van der Waals surface area contributed by atoms with E-state index in [4.69, 9.17) is 10.5 Å². The molecule has 3 nitrogen and oxygen atoms in total. The maximum atomic E-state index is 11.7. The van der Waals surface area contributed by atoms with Crippen molar-refractivity contribution in [3.8, 4) is 5.75 Å². The van der Waals surface area contributed by atoms with Gasteiger partial charge in [-0.25, -0.2) is 0 Å². The van der Waals surface area contributed by atoms with Crippen LogP contribution >= 0.6 is 0 Å². The van der Waals surface area contributed by atoms with E-state index in [0.717, 1.165) is 29.7 Å². The standard InChI is InChI=1S/C14H19NO2/c1-14(2,9-15)17-11-6-7-12-10(8-11)4-3-5-13(12)16/h6-8H,3-5,9,15H2,1-2H3. The topological polar surface area (TPSA) is 52.3 Å². The number of carbonyl (C=O) groups excluding carboxylic acids is 1. The van der Waals surface area contributed by atoms with Crippen molar-refractivity contribution in [1.29, 1.82) is 0 Å². The molecule has 0 saturated carbocycles. The zero-order valence-corrected chi connectivity index (χ0v) is 10.5. The number of nitrogens with two attached hydrogens (primary N) is 1. The van der Waals surface area contributed by atoms with Crippen molar-refractivity contribution in [3.05, 3.63) is 29.3 Å².